The van der Waals surface area contributed by atoms with Crippen LogP contribution in [-0.4, -0.2) is 10.8 Å². The van der Waals surface area contributed by atoms with Gasteiger partial charge in [-0.05, 0) is 25.5 Å². The summed E-state index contributed by atoms with van der Waals surface area (Å²) in [6.07, 6.45) is 1.54. The van der Waals surface area contributed by atoms with Gasteiger partial charge in [0.15, 0.2) is 0 Å². The predicted octanol–water partition coefficient (Wildman–Crippen LogP) is 3.55. The van der Waals surface area contributed by atoms with Crippen LogP contribution in [0, 0.1) is 25.2 Å². The van der Waals surface area contributed by atoms with Gasteiger partial charge in [-0.1, -0.05) is 24.3 Å². The predicted molar refractivity (Wildman–Crippen MR) is 76.0 cm³/mol. The summed E-state index contributed by atoms with van der Waals surface area (Å²) in [5, 5.41) is 11.9. The minimum atomic E-state index is -0.258. The third-order valence-corrected chi connectivity index (χ3v) is 3.48. The van der Waals surface area contributed by atoms with Gasteiger partial charge in [0.1, 0.15) is 11.6 Å². The number of ketones is 1. The molecule has 1 aromatic carbocycles. The smallest absolute Gasteiger partial charge is 0.203 e. The highest BCUT2D eigenvalue weighted by Crippen LogP contribution is 2.16. The summed E-state index contributed by atoms with van der Waals surface area (Å²) in [7, 11) is 0. The first-order chi connectivity index (χ1) is 9.11. The number of nitrogens with zero attached hydrogens (tertiary/aromatic N) is 2. The van der Waals surface area contributed by atoms with E-state index in [0.29, 0.717) is 11.3 Å². The van der Waals surface area contributed by atoms with Gasteiger partial charge in [0.05, 0.1) is 10.7 Å². The third-order valence-electron chi connectivity index (χ3n) is 2.68. The lowest BCUT2D eigenvalue weighted by molar-refractivity contribution is 0.103. The molecule has 2 rings (SSSR count). The SMILES string of the molecule is Cc1nc(/C=C(\C#N)C(=O)c2ccccc2C)cs1. The number of thiazole rings is 1. The van der Waals surface area contributed by atoms with Gasteiger partial charge in [-0.2, -0.15) is 5.26 Å². The van der Waals surface area contributed by atoms with Gasteiger partial charge in [0, 0.05) is 10.9 Å². The van der Waals surface area contributed by atoms with Gasteiger partial charge >= 0.3 is 0 Å². The van der Waals surface area contributed by atoms with Crippen LogP contribution in [0.1, 0.15) is 26.6 Å². The summed E-state index contributed by atoms with van der Waals surface area (Å²) in [6, 6.07) is 9.21. The number of hydrogen-bond donors (Lipinski definition) is 0. The molecule has 0 radical (unpaired) electrons. The molecule has 0 unspecified atom stereocenters. The van der Waals surface area contributed by atoms with Crippen molar-refractivity contribution in [1.29, 1.82) is 5.26 Å². The number of nitriles is 1. The van der Waals surface area contributed by atoms with Crippen LogP contribution >= 0.6 is 11.3 Å². The van der Waals surface area contributed by atoms with E-state index in [4.69, 9.17) is 5.26 Å². The van der Waals surface area contributed by atoms with Crippen molar-refractivity contribution in [3.8, 4) is 6.07 Å². The summed E-state index contributed by atoms with van der Waals surface area (Å²) < 4.78 is 0. The standard InChI is InChI=1S/C15H12N2OS/c1-10-5-3-4-6-14(10)15(18)12(8-16)7-13-9-19-11(2)17-13/h3-7,9H,1-2H3/b12-7+. The highest BCUT2D eigenvalue weighted by atomic mass is 32.1. The molecule has 0 aliphatic carbocycles. The molecular formula is C15H12N2OS. The molecule has 94 valence electrons. The van der Waals surface area contributed by atoms with Gasteiger partial charge in [-0.3, -0.25) is 4.79 Å². The van der Waals surface area contributed by atoms with E-state index in [1.165, 1.54) is 17.4 Å². The van der Waals surface area contributed by atoms with Gasteiger partial charge < -0.3 is 0 Å². The van der Waals surface area contributed by atoms with E-state index in [0.717, 1.165) is 10.6 Å². The Labute approximate surface area is 115 Å². The second-order valence-electron chi connectivity index (χ2n) is 4.11. The lowest BCUT2D eigenvalue weighted by Gasteiger charge is -2.02. The second-order valence-corrected chi connectivity index (χ2v) is 5.17. The second kappa shape index (κ2) is 5.59. The molecule has 0 atom stereocenters. The minimum absolute atomic E-state index is 0.111. The van der Waals surface area contributed by atoms with Crippen LogP contribution in [0.4, 0.5) is 0 Å². The van der Waals surface area contributed by atoms with Gasteiger partial charge in [0.2, 0.25) is 5.78 Å². The molecule has 3 nitrogen and oxygen atoms in total. The first-order valence-electron chi connectivity index (χ1n) is 5.76. The van der Waals surface area contributed by atoms with Crippen LogP contribution in [-0.2, 0) is 0 Å². The van der Waals surface area contributed by atoms with Crippen molar-refractivity contribution >= 4 is 23.2 Å². The maximum absolute atomic E-state index is 12.3. The fourth-order valence-corrected chi connectivity index (χ4v) is 2.29. The highest BCUT2D eigenvalue weighted by molar-refractivity contribution is 7.09. The van der Waals surface area contributed by atoms with Crippen LogP contribution in [0.15, 0.2) is 35.2 Å². The van der Waals surface area contributed by atoms with E-state index in [2.05, 4.69) is 4.98 Å². The number of carbonyl (C=O) groups is 1. The van der Waals surface area contributed by atoms with E-state index in [9.17, 15) is 4.79 Å². The number of hydrogen-bond acceptors (Lipinski definition) is 4. The summed E-state index contributed by atoms with van der Waals surface area (Å²) in [5.41, 5.74) is 2.19. The van der Waals surface area contributed by atoms with Crippen molar-refractivity contribution < 1.29 is 4.79 Å². The molecule has 0 amide bonds. The third kappa shape index (κ3) is 2.95. The van der Waals surface area contributed by atoms with Crippen LogP contribution in [0.3, 0.4) is 0 Å². The Bertz CT molecular complexity index is 692. The molecule has 0 saturated carbocycles. The Hall–Kier alpha value is -2.25. The topological polar surface area (TPSA) is 53.8 Å². The van der Waals surface area contributed by atoms with Crippen molar-refractivity contribution in [3.63, 3.8) is 0 Å². The minimum Gasteiger partial charge on any atom is -0.288 e. The number of allylic oxidation sites excluding steroid dienone is 1. The zero-order chi connectivity index (χ0) is 13.8. The summed E-state index contributed by atoms with van der Waals surface area (Å²) >= 11 is 1.49. The molecule has 1 heterocycles. The highest BCUT2D eigenvalue weighted by Gasteiger charge is 2.14. The molecule has 0 aliphatic heterocycles. The lowest BCUT2D eigenvalue weighted by Crippen LogP contribution is -2.04. The number of aromatic nitrogens is 1. The molecule has 0 fully saturated rings. The summed E-state index contributed by atoms with van der Waals surface area (Å²) in [4.78, 5) is 16.5. The zero-order valence-electron chi connectivity index (χ0n) is 10.7. The van der Waals surface area contributed by atoms with Crippen LogP contribution < -0.4 is 0 Å². The van der Waals surface area contributed by atoms with E-state index in [1.54, 1.807) is 12.1 Å². The Morgan fingerprint density at radius 3 is 2.68 bits per heavy atom. The normalized spacial score (nSPS) is 11.1. The number of carbonyl (C=O) groups excluding carboxylic acids is 1. The number of Topliss-reactive ketones (excluding diaryl/α,β-unsaturated/α-hetero) is 1. The molecule has 4 heteroatoms. The first-order valence-corrected chi connectivity index (χ1v) is 6.64. The Morgan fingerprint density at radius 1 is 1.37 bits per heavy atom. The van der Waals surface area contributed by atoms with Crippen molar-refractivity contribution in [3.05, 3.63) is 57.0 Å². The van der Waals surface area contributed by atoms with Gasteiger partial charge in [0.25, 0.3) is 0 Å². The molecule has 0 N–H and O–H groups in total. The quantitative estimate of drug-likeness (QED) is 0.486. The Balaban J connectivity index is 2.39. The average molecular weight is 268 g/mol. The summed E-state index contributed by atoms with van der Waals surface area (Å²) in [6.45, 7) is 3.74. The molecule has 2 aromatic rings. The summed E-state index contributed by atoms with van der Waals surface area (Å²) in [5.74, 6) is -0.258. The zero-order valence-corrected chi connectivity index (χ0v) is 11.5. The van der Waals surface area contributed by atoms with Crippen molar-refractivity contribution in [2.75, 3.05) is 0 Å². The van der Waals surface area contributed by atoms with E-state index < -0.39 is 0 Å². The molecule has 0 spiro atoms. The molecule has 0 aliphatic rings. The first kappa shape index (κ1) is 13.2. The number of benzene rings is 1. The molecule has 0 saturated heterocycles. The van der Waals surface area contributed by atoms with Crippen molar-refractivity contribution in [1.82, 2.24) is 4.98 Å². The lowest BCUT2D eigenvalue weighted by atomic mass is 9.99. The molecular weight excluding hydrogens is 256 g/mol. The van der Waals surface area contributed by atoms with Crippen LogP contribution in [0.2, 0.25) is 0 Å². The van der Waals surface area contributed by atoms with Crippen LogP contribution in [0.25, 0.3) is 6.08 Å². The Kier molecular flexibility index (Phi) is 3.88. The maximum atomic E-state index is 12.3. The number of aryl methyl sites for hydroxylation is 2. The maximum Gasteiger partial charge on any atom is 0.203 e. The molecule has 0 bridgehead atoms. The molecule has 1 aromatic heterocycles. The average Bonchev–Trinajstić information content (AvgIpc) is 2.81. The largest absolute Gasteiger partial charge is 0.288 e. The monoisotopic (exact) mass is 268 g/mol. The van der Waals surface area contributed by atoms with Gasteiger partial charge in [-0.25, -0.2) is 4.98 Å². The van der Waals surface area contributed by atoms with Crippen molar-refractivity contribution in [2.45, 2.75) is 13.8 Å². The Morgan fingerprint density at radius 2 is 2.11 bits per heavy atom. The molecule has 19 heavy (non-hydrogen) atoms. The fourth-order valence-electron chi connectivity index (χ4n) is 1.72. The van der Waals surface area contributed by atoms with Crippen molar-refractivity contribution in [2.24, 2.45) is 0 Å². The number of rotatable bonds is 3. The van der Waals surface area contributed by atoms with E-state index in [-0.39, 0.29) is 11.4 Å². The van der Waals surface area contributed by atoms with Crippen LogP contribution in [0.5, 0.6) is 0 Å². The van der Waals surface area contributed by atoms with E-state index in [1.807, 2.05) is 37.4 Å². The van der Waals surface area contributed by atoms with E-state index >= 15 is 0 Å². The fraction of sp³-hybridized carbons (Fsp3) is 0.133. The van der Waals surface area contributed by atoms with Gasteiger partial charge in [-0.15, -0.1) is 11.3 Å².